The summed E-state index contributed by atoms with van der Waals surface area (Å²) in [7, 11) is -1.11. The number of sulfonamides is 1. The average molecular weight is 1040 g/mol. The molecule has 0 spiro atoms. The van der Waals surface area contributed by atoms with Crippen LogP contribution in [0.2, 0.25) is 0 Å². The molecular weight excluding hydrogens is 973 g/mol. The average Bonchev–Trinajstić information content (AvgIpc) is 4.04. The molecule has 0 saturated carbocycles. The predicted octanol–water partition coefficient (Wildman–Crippen LogP) is 6.79. The van der Waals surface area contributed by atoms with Crippen LogP contribution in [0.3, 0.4) is 0 Å². The Kier molecular flexibility index (Phi) is 17.1. The van der Waals surface area contributed by atoms with E-state index in [1.807, 2.05) is 58.9 Å². The van der Waals surface area contributed by atoms with E-state index in [0.29, 0.717) is 48.4 Å². The third kappa shape index (κ3) is 13.1. The Morgan fingerprint density at radius 1 is 0.904 bits per heavy atom. The number of imidazole rings is 1. The number of carbonyl (C=O) groups excluding carboxylic acids is 4. The zero-order valence-corrected chi connectivity index (χ0v) is 43.8. The van der Waals surface area contributed by atoms with E-state index in [-0.39, 0.29) is 66.0 Å². The van der Waals surface area contributed by atoms with Crippen LogP contribution in [0.25, 0.3) is 21.5 Å². The first-order valence-corrected chi connectivity index (χ1v) is 26.7. The Morgan fingerprint density at radius 2 is 1.62 bits per heavy atom. The molecule has 1 aliphatic rings. The van der Waals surface area contributed by atoms with Gasteiger partial charge in [0.05, 0.1) is 50.4 Å². The summed E-state index contributed by atoms with van der Waals surface area (Å²) in [6.07, 6.45) is 1.62. The van der Waals surface area contributed by atoms with Crippen LogP contribution in [0.15, 0.2) is 100 Å². The van der Waals surface area contributed by atoms with Gasteiger partial charge in [-0.15, -0.1) is 11.3 Å². The maximum Gasteiger partial charge on any atom is 0.328 e. The van der Waals surface area contributed by atoms with Gasteiger partial charge in [0.2, 0.25) is 17.7 Å². The third-order valence-electron chi connectivity index (χ3n) is 12.6. The second kappa shape index (κ2) is 23.2. The van der Waals surface area contributed by atoms with Gasteiger partial charge in [-0.1, -0.05) is 70.5 Å². The number of rotatable bonds is 21. The van der Waals surface area contributed by atoms with E-state index in [9.17, 15) is 37.5 Å². The number of unbranched alkanes of at least 4 members (excludes halogenated alkanes) is 2. The minimum absolute atomic E-state index is 0.0391. The largest absolute Gasteiger partial charge is 0.493 e. The molecule has 0 radical (unpaired) electrons. The van der Waals surface area contributed by atoms with E-state index in [0.717, 1.165) is 28.1 Å². The molecule has 1 fully saturated rings. The van der Waals surface area contributed by atoms with Crippen molar-refractivity contribution in [3.63, 3.8) is 0 Å². The monoisotopic (exact) mass is 1040 g/mol. The number of aliphatic hydroxyl groups is 1. The number of hydrogen-bond donors (Lipinski definition) is 5. The first-order chi connectivity index (χ1) is 34.7. The summed E-state index contributed by atoms with van der Waals surface area (Å²) in [6, 6.07) is 21.6. The van der Waals surface area contributed by atoms with E-state index < -0.39 is 51.3 Å². The zero-order valence-electron chi connectivity index (χ0n) is 42.2. The number of amides is 4. The molecule has 388 valence electrons. The number of hydrogen-bond acceptors (Lipinski definition) is 12. The number of nitrogens with zero attached hydrogens (tertiary/aromatic N) is 4. The van der Waals surface area contributed by atoms with E-state index in [2.05, 4.69) is 25.7 Å². The minimum atomic E-state index is -4.31. The molecule has 0 aliphatic carbocycles. The fourth-order valence-corrected chi connectivity index (χ4v) is 10.5. The van der Waals surface area contributed by atoms with Crippen LogP contribution in [0, 0.1) is 12.3 Å². The van der Waals surface area contributed by atoms with Gasteiger partial charge in [0.15, 0.2) is 5.75 Å². The smallest absolute Gasteiger partial charge is 0.328 e. The first kappa shape index (κ1) is 53.8. The minimum Gasteiger partial charge on any atom is -0.493 e. The van der Waals surface area contributed by atoms with Crippen molar-refractivity contribution < 1.29 is 42.2 Å². The van der Waals surface area contributed by atoms with Gasteiger partial charge in [-0.25, -0.2) is 18.2 Å². The summed E-state index contributed by atoms with van der Waals surface area (Å²) in [5.41, 5.74) is 4.78. The van der Waals surface area contributed by atoms with Crippen LogP contribution in [0.1, 0.15) is 87.8 Å². The number of β-amino-alcohol motifs (C(OH)–C–C–N with tert-alkyl or cyclic N) is 1. The molecule has 0 bridgehead atoms. The molecule has 18 nitrogen and oxygen atoms in total. The molecular formula is C53H64N8O10S2. The lowest BCUT2D eigenvalue weighted by atomic mass is 9.85. The summed E-state index contributed by atoms with van der Waals surface area (Å²) in [4.78, 5) is 73.6. The molecule has 2 aromatic heterocycles. The quantitative estimate of drug-likeness (QED) is 0.0471. The van der Waals surface area contributed by atoms with Gasteiger partial charge >= 0.3 is 5.69 Å². The lowest BCUT2D eigenvalue weighted by Gasteiger charge is -2.35. The number of ether oxygens (including phenoxy) is 2. The summed E-state index contributed by atoms with van der Waals surface area (Å²) < 4.78 is 45.3. The Morgan fingerprint density at radius 3 is 2.32 bits per heavy atom. The molecule has 3 heterocycles. The predicted molar refractivity (Wildman–Crippen MR) is 280 cm³/mol. The maximum absolute atomic E-state index is 14.1. The number of benzene rings is 4. The van der Waals surface area contributed by atoms with Gasteiger partial charge in [-0.2, -0.15) is 0 Å². The van der Waals surface area contributed by atoms with Crippen LogP contribution >= 0.6 is 11.3 Å². The second-order valence-corrected chi connectivity index (χ2v) is 21.8. The van der Waals surface area contributed by atoms with Gasteiger partial charge in [-0.05, 0) is 79.1 Å². The van der Waals surface area contributed by atoms with E-state index in [4.69, 9.17) is 9.47 Å². The molecule has 20 heteroatoms. The molecule has 5 N–H and O–H groups in total. The summed E-state index contributed by atoms with van der Waals surface area (Å²) in [5.74, 6) is -0.596. The van der Waals surface area contributed by atoms with Crippen molar-refractivity contribution in [3.8, 4) is 27.7 Å². The number of fused-ring (bicyclic) bond motifs is 1. The highest BCUT2D eigenvalue weighted by Gasteiger charge is 2.44. The zero-order chi connectivity index (χ0) is 52.6. The van der Waals surface area contributed by atoms with Crippen molar-refractivity contribution in [1.82, 2.24) is 35.0 Å². The van der Waals surface area contributed by atoms with Crippen LogP contribution < -0.4 is 35.8 Å². The fourth-order valence-electron chi connectivity index (χ4n) is 8.58. The normalized spacial score (nSPS) is 15.2. The standard InChI is InChI=1S/C53H64N8O10S2/c1-8-24-70-38-15-13-16-39(27-38)71-45-29-43-42(59(6)52(67)60(43)7)28-41(45)58-73(68,69)40-17-12-14-36(25-40)49(64)54-23-11-9-10-18-46(63)57-48(53(3,4)5)51(66)61-31-37(62)26-44(61)50(65)55-30-34-19-21-35(22-20-34)47-33(2)56-32-72-47/h12-17,19-22,25,27-29,32,37,44,48,58,62H,8-11,18,23-24,26,30-31H2,1-7H3,(H,54,64)(H,55,65)(H,57,63)/t37-,44+,48?/m1/s1. The highest BCUT2D eigenvalue weighted by molar-refractivity contribution is 7.92. The Bertz CT molecular complexity index is 3140. The third-order valence-corrected chi connectivity index (χ3v) is 14.9. The second-order valence-electron chi connectivity index (χ2n) is 19.3. The van der Waals surface area contributed by atoms with Crippen molar-refractivity contribution >= 4 is 61.7 Å². The maximum atomic E-state index is 14.1. The summed E-state index contributed by atoms with van der Waals surface area (Å²) in [6.45, 7) is 10.4. The highest BCUT2D eigenvalue weighted by atomic mass is 32.2. The van der Waals surface area contributed by atoms with Crippen molar-refractivity contribution in [2.24, 2.45) is 19.5 Å². The molecule has 1 saturated heterocycles. The fraction of sp³-hybridized carbons (Fsp3) is 0.396. The molecule has 1 aliphatic heterocycles. The molecule has 4 aromatic carbocycles. The molecule has 7 rings (SSSR count). The number of nitrogens with one attached hydrogen (secondary N) is 4. The Hall–Kier alpha value is -7.03. The summed E-state index contributed by atoms with van der Waals surface area (Å²) >= 11 is 1.56. The molecule has 3 atom stereocenters. The van der Waals surface area contributed by atoms with Crippen LogP contribution in [0.4, 0.5) is 5.69 Å². The van der Waals surface area contributed by atoms with Crippen molar-refractivity contribution in [2.45, 2.75) is 103 Å². The number of aliphatic hydroxyl groups excluding tert-OH is 1. The van der Waals surface area contributed by atoms with Crippen LogP contribution in [0.5, 0.6) is 17.2 Å². The lowest BCUT2D eigenvalue weighted by Crippen LogP contribution is -2.57. The van der Waals surface area contributed by atoms with E-state index >= 15 is 0 Å². The number of thiazole rings is 1. The van der Waals surface area contributed by atoms with E-state index in [1.165, 1.54) is 44.4 Å². The van der Waals surface area contributed by atoms with E-state index in [1.54, 1.807) is 61.3 Å². The first-order valence-electron chi connectivity index (χ1n) is 24.3. The van der Waals surface area contributed by atoms with Gasteiger partial charge in [-0.3, -0.25) is 33.0 Å². The Labute approximate surface area is 429 Å². The van der Waals surface area contributed by atoms with Gasteiger partial charge in [0.1, 0.15) is 23.6 Å². The number of likely N-dealkylation sites (tertiary alicyclic amines) is 1. The van der Waals surface area contributed by atoms with Gasteiger partial charge in [0, 0.05) is 64.3 Å². The number of aryl methyl sites for hydroxylation is 3. The number of carbonyl (C=O) groups is 4. The van der Waals surface area contributed by atoms with Crippen molar-refractivity contribution in [3.05, 3.63) is 118 Å². The molecule has 73 heavy (non-hydrogen) atoms. The molecule has 6 aromatic rings. The van der Waals surface area contributed by atoms with Crippen LogP contribution in [-0.2, 0) is 45.0 Å². The molecule has 1 unspecified atom stereocenters. The molecule has 4 amide bonds. The SMILES string of the molecule is CCCOc1cccc(Oc2cc3c(cc2NS(=O)(=O)c2cccc(C(=O)NCCCCCC(=O)NC(C(=O)N4C[C@H](O)C[C@H]4C(=O)NCc4ccc(-c5scnc5C)cc4)C(C)(C)C)c2)n(C)c(=O)n3C)c1. The number of anilines is 1. The van der Waals surface area contributed by atoms with Crippen molar-refractivity contribution in [2.75, 3.05) is 24.4 Å². The topological polar surface area (TPSA) is 232 Å². The summed E-state index contributed by atoms with van der Waals surface area (Å²) in [5, 5.41) is 19.2. The van der Waals surface area contributed by atoms with Crippen LogP contribution in [-0.4, -0.2) is 94.1 Å². The Balaban J connectivity index is 0.901. The highest BCUT2D eigenvalue weighted by Crippen LogP contribution is 2.36. The van der Waals surface area contributed by atoms with Gasteiger partial charge in [0.25, 0.3) is 15.9 Å². The van der Waals surface area contributed by atoms with Crippen molar-refractivity contribution in [1.29, 1.82) is 0 Å². The van der Waals surface area contributed by atoms with Gasteiger partial charge < -0.3 is 35.4 Å². The lowest BCUT2D eigenvalue weighted by molar-refractivity contribution is -0.144. The number of aromatic nitrogens is 3.